The Morgan fingerprint density at radius 3 is 2.78 bits per heavy atom. The summed E-state index contributed by atoms with van der Waals surface area (Å²) in [7, 11) is 1.77. The summed E-state index contributed by atoms with van der Waals surface area (Å²) in [6.45, 7) is 0.659. The lowest BCUT2D eigenvalue weighted by Gasteiger charge is -2.05. The molecule has 3 N–H and O–H groups in total. The van der Waals surface area contributed by atoms with Crippen LogP contribution in [0, 0.1) is 0 Å². The molecular weight excluding hydrogens is 116 g/mol. The van der Waals surface area contributed by atoms with Gasteiger partial charge in [-0.15, -0.1) is 0 Å². The van der Waals surface area contributed by atoms with Crippen LogP contribution in [0.15, 0.2) is 0 Å². The Morgan fingerprint density at radius 1 is 1.78 bits per heavy atom. The number of hydrogen-bond donors (Lipinski definition) is 2. The Hall–Kier alpha value is -0.410. The van der Waals surface area contributed by atoms with Gasteiger partial charge in [0.2, 0.25) is 0 Å². The van der Waals surface area contributed by atoms with Gasteiger partial charge in [0.15, 0.2) is 0 Å². The summed E-state index contributed by atoms with van der Waals surface area (Å²) < 4.78 is 0. The molecular formula is C6H14N2O. The molecule has 0 aromatic carbocycles. The molecule has 0 aromatic heterocycles. The zero-order chi connectivity index (χ0) is 7.11. The summed E-state index contributed by atoms with van der Waals surface area (Å²) in [6.07, 6.45) is 2.66. The summed E-state index contributed by atoms with van der Waals surface area (Å²) >= 11 is 0. The smallest absolute Gasteiger partial charge is 0.136 e. The van der Waals surface area contributed by atoms with Crippen molar-refractivity contribution in [2.24, 2.45) is 5.73 Å². The van der Waals surface area contributed by atoms with Crippen LogP contribution in [0.1, 0.15) is 12.8 Å². The molecule has 0 saturated heterocycles. The molecule has 0 spiro atoms. The molecule has 3 heteroatoms. The number of nitrogens with two attached hydrogens (primary N) is 1. The molecule has 0 rings (SSSR count). The topological polar surface area (TPSA) is 55.1 Å². The molecule has 0 bridgehead atoms. The third-order valence-corrected chi connectivity index (χ3v) is 1.25. The highest BCUT2D eigenvalue weighted by atomic mass is 16.1. The second kappa shape index (κ2) is 5.72. The third kappa shape index (κ3) is 4.12. The van der Waals surface area contributed by atoms with Gasteiger partial charge in [0.05, 0.1) is 6.04 Å². The van der Waals surface area contributed by atoms with Crippen molar-refractivity contribution in [2.75, 3.05) is 13.6 Å². The van der Waals surface area contributed by atoms with Gasteiger partial charge in [-0.25, -0.2) is 0 Å². The fourth-order valence-corrected chi connectivity index (χ4v) is 0.618. The van der Waals surface area contributed by atoms with E-state index in [4.69, 9.17) is 5.73 Å². The van der Waals surface area contributed by atoms with Gasteiger partial charge in [0.25, 0.3) is 0 Å². The molecule has 0 amide bonds. The molecule has 0 aromatic rings. The van der Waals surface area contributed by atoms with E-state index >= 15 is 0 Å². The first kappa shape index (κ1) is 8.59. The van der Waals surface area contributed by atoms with Crippen LogP contribution >= 0.6 is 0 Å². The van der Waals surface area contributed by atoms with Crippen LogP contribution in [-0.2, 0) is 4.79 Å². The number of likely N-dealkylation sites (N-methyl/N-ethyl adjacent to an activating group) is 1. The Kier molecular flexibility index (Phi) is 5.46. The van der Waals surface area contributed by atoms with Gasteiger partial charge < -0.3 is 15.8 Å². The summed E-state index contributed by atoms with van der Waals surface area (Å²) in [6, 6.07) is -0.00597. The molecule has 0 saturated carbocycles. The van der Waals surface area contributed by atoms with E-state index in [9.17, 15) is 4.79 Å². The quantitative estimate of drug-likeness (QED) is 0.494. The molecule has 0 aliphatic rings. The predicted molar refractivity (Wildman–Crippen MR) is 37.2 cm³/mol. The van der Waals surface area contributed by atoms with Crippen molar-refractivity contribution in [1.82, 2.24) is 5.32 Å². The van der Waals surface area contributed by atoms with Crippen molar-refractivity contribution >= 4 is 6.29 Å². The Balaban J connectivity index is 3.20. The van der Waals surface area contributed by atoms with Gasteiger partial charge in [0.1, 0.15) is 6.29 Å². The Morgan fingerprint density at radius 2 is 2.44 bits per heavy atom. The minimum Gasteiger partial charge on any atom is -0.330 e. The Labute approximate surface area is 55.6 Å². The minimum absolute atomic E-state index is 0.00597. The lowest BCUT2D eigenvalue weighted by Crippen LogP contribution is -2.27. The van der Waals surface area contributed by atoms with E-state index in [1.54, 1.807) is 7.05 Å². The zero-order valence-electron chi connectivity index (χ0n) is 5.76. The van der Waals surface area contributed by atoms with Crippen molar-refractivity contribution < 1.29 is 4.79 Å². The maximum absolute atomic E-state index is 10.1. The highest BCUT2D eigenvalue weighted by molar-refractivity contribution is 5.57. The molecule has 0 aliphatic carbocycles. The van der Waals surface area contributed by atoms with Gasteiger partial charge in [-0.1, -0.05) is 0 Å². The van der Waals surface area contributed by atoms with E-state index in [2.05, 4.69) is 5.32 Å². The van der Waals surface area contributed by atoms with E-state index in [1.807, 2.05) is 0 Å². The van der Waals surface area contributed by atoms with Crippen molar-refractivity contribution in [3.8, 4) is 0 Å². The minimum atomic E-state index is -0.00597. The molecule has 1 atom stereocenters. The van der Waals surface area contributed by atoms with Gasteiger partial charge in [-0.3, -0.25) is 0 Å². The maximum Gasteiger partial charge on any atom is 0.136 e. The summed E-state index contributed by atoms with van der Waals surface area (Å²) in [5, 5.41) is 2.86. The number of carbonyl (C=O) groups is 1. The molecule has 9 heavy (non-hydrogen) atoms. The largest absolute Gasteiger partial charge is 0.330 e. The molecule has 0 aliphatic heterocycles. The van der Waals surface area contributed by atoms with E-state index in [-0.39, 0.29) is 6.04 Å². The first-order valence-corrected chi connectivity index (χ1v) is 3.17. The fraction of sp³-hybridized carbons (Fsp3) is 0.833. The van der Waals surface area contributed by atoms with Gasteiger partial charge in [-0.05, 0) is 26.4 Å². The maximum atomic E-state index is 10.1. The molecule has 54 valence electrons. The monoisotopic (exact) mass is 130 g/mol. The highest BCUT2D eigenvalue weighted by Crippen LogP contribution is 1.90. The number of rotatable bonds is 5. The van der Waals surface area contributed by atoms with Gasteiger partial charge in [0, 0.05) is 0 Å². The average Bonchev–Trinajstić information content (AvgIpc) is 1.91. The van der Waals surface area contributed by atoms with E-state index < -0.39 is 0 Å². The fourth-order valence-electron chi connectivity index (χ4n) is 0.618. The Bertz CT molecular complexity index is 75.5. The van der Waals surface area contributed by atoms with Crippen molar-refractivity contribution in [1.29, 1.82) is 0 Å². The SMILES string of the molecule is CN[C@H](C=O)CCCN. The summed E-state index contributed by atoms with van der Waals surface area (Å²) in [5.74, 6) is 0. The zero-order valence-corrected chi connectivity index (χ0v) is 5.76. The molecule has 0 radical (unpaired) electrons. The number of hydrogen-bond acceptors (Lipinski definition) is 3. The van der Waals surface area contributed by atoms with E-state index in [0.717, 1.165) is 19.1 Å². The van der Waals surface area contributed by atoms with Crippen LogP contribution in [0.5, 0.6) is 0 Å². The number of nitrogens with one attached hydrogen (secondary N) is 1. The van der Waals surface area contributed by atoms with Crippen molar-refractivity contribution in [2.45, 2.75) is 18.9 Å². The molecule has 0 heterocycles. The molecule has 0 fully saturated rings. The molecule has 3 nitrogen and oxygen atoms in total. The van der Waals surface area contributed by atoms with Crippen LogP contribution in [0.25, 0.3) is 0 Å². The highest BCUT2D eigenvalue weighted by Gasteiger charge is 2.00. The normalized spacial score (nSPS) is 13.1. The predicted octanol–water partition coefficient (Wildman–Crippen LogP) is -0.488. The average molecular weight is 130 g/mol. The summed E-state index contributed by atoms with van der Waals surface area (Å²) in [5.41, 5.74) is 5.24. The summed E-state index contributed by atoms with van der Waals surface area (Å²) in [4.78, 5) is 10.1. The second-order valence-corrected chi connectivity index (χ2v) is 1.96. The molecule has 0 unspecified atom stereocenters. The second-order valence-electron chi connectivity index (χ2n) is 1.96. The third-order valence-electron chi connectivity index (χ3n) is 1.25. The van der Waals surface area contributed by atoms with Crippen LogP contribution in [0.3, 0.4) is 0 Å². The van der Waals surface area contributed by atoms with Gasteiger partial charge in [-0.2, -0.15) is 0 Å². The number of carbonyl (C=O) groups excluding carboxylic acids is 1. The standard InChI is InChI=1S/C6H14N2O/c1-8-6(5-9)3-2-4-7/h5-6,8H,2-4,7H2,1H3/t6-/m0/s1. The lowest BCUT2D eigenvalue weighted by atomic mass is 10.2. The lowest BCUT2D eigenvalue weighted by molar-refractivity contribution is -0.109. The van der Waals surface area contributed by atoms with Crippen molar-refractivity contribution in [3.05, 3.63) is 0 Å². The van der Waals surface area contributed by atoms with Gasteiger partial charge >= 0.3 is 0 Å². The van der Waals surface area contributed by atoms with E-state index in [1.165, 1.54) is 0 Å². The first-order chi connectivity index (χ1) is 4.35. The van der Waals surface area contributed by atoms with Crippen LogP contribution in [-0.4, -0.2) is 25.9 Å². The van der Waals surface area contributed by atoms with Crippen LogP contribution < -0.4 is 11.1 Å². The van der Waals surface area contributed by atoms with Crippen LogP contribution in [0.4, 0.5) is 0 Å². The van der Waals surface area contributed by atoms with Crippen LogP contribution in [0.2, 0.25) is 0 Å². The van der Waals surface area contributed by atoms with E-state index in [0.29, 0.717) is 6.54 Å². The van der Waals surface area contributed by atoms with Crippen molar-refractivity contribution in [3.63, 3.8) is 0 Å². The first-order valence-electron chi connectivity index (χ1n) is 3.17. The number of aldehydes is 1.